The molecule has 0 amide bonds. The minimum atomic E-state index is -0.0152. The van der Waals surface area contributed by atoms with Gasteiger partial charge in [0.05, 0.1) is 6.61 Å². The van der Waals surface area contributed by atoms with Gasteiger partial charge in [-0.25, -0.2) is 0 Å². The minimum Gasteiger partial charge on any atom is -0.494 e. The lowest BCUT2D eigenvalue weighted by Crippen LogP contribution is -2.02. The second-order valence-electron chi connectivity index (χ2n) is 4.57. The quantitative estimate of drug-likeness (QED) is 0.433. The summed E-state index contributed by atoms with van der Waals surface area (Å²) >= 11 is 0. The van der Waals surface area contributed by atoms with E-state index in [4.69, 9.17) is 10.5 Å². The molecule has 0 bridgehead atoms. The van der Waals surface area contributed by atoms with Crippen LogP contribution >= 0.6 is 0 Å². The molecule has 0 radical (unpaired) electrons. The highest BCUT2D eigenvalue weighted by atomic mass is 16.5. The van der Waals surface area contributed by atoms with Crippen molar-refractivity contribution in [1.29, 1.82) is 0 Å². The van der Waals surface area contributed by atoms with Crippen LogP contribution in [0.3, 0.4) is 0 Å². The van der Waals surface area contributed by atoms with Gasteiger partial charge >= 0.3 is 0 Å². The van der Waals surface area contributed by atoms with Gasteiger partial charge in [0.2, 0.25) is 0 Å². The van der Waals surface area contributed by atoms with Crippen molar-refractivity contribution >= 4 is 11.5 Å². The van der Waals surface area contributed by atoms with Crippen LogP contribution in [0.5, 0.6) is 5.75 Å². The Morgan fingerprint density at radius 1 is 1.22 bits per heavy atom. The van der Waals surface area contributed by atoms with Crippen LogP contribution < -0.4 is 10.5 Å². The smallest absolute Gasteiger partial charge is 0.161 e. The molecular formula is C15H23NO2. The van der Waals surface area contributed by atoms with Gasteiger partial charge in [0.25, 0.3) is 0 Å². The molecule has 0 fully saturated rings. The predicted octanol–water partition coefficient (Wildman–Crippen LogP) is 3.82. The number of unbranched alkanes of at least 4 members (excludes halogenated alkanes) is 4. The summed E-state index contributed by atoms with van der Waals surface area (Å²) in [7, 11) is 0. The molecular weight excluding hydrogens is 226 g/mol. The molecule has 0 spiro atoms. The molecule has 0 saturated heterocycles. The number of nitrogen functional groups attached to an aromatic ring is 1. The lowest BCUT2D eigenvalue weighted by molar-refractivity contribution is 0.101. The van der Waals surface area contributed by atoms with Crippen molar-refractivity contribution in [3.8, 4) is 5.75 Å². The molecule has 0 unspecified atom stereocenters. The summed E-state index contributed by atoms with van der Waals surface area (Å²) in [5.74, 6) is 0.728. The fourth-order valence-corrected chi connectivity index (χ4v) is 1.85. The number of anilines is 1. The third-order valence-corrected chi connectivity index (χ3v) is 2.92. The molecule has 0 atom stereocenters. The molecule has 3 nitrogen and oxygen atoms in total. The molecule has 1 rings (SSSR count). The molecule has 2 N–H and O–H groups in total. The normalized spacial score (nSPS) is 10.3. The minimum absolute atomic E-state index is 0.0152. The molecule has 1 aromatic rings. The van der Waals surface area contributed by atoms with E-state index >= 15 is 0 Å². The van der Waals surface area contributed by atoms with Crippen molar-refractivity contribution in [1.82, 2.24) is 0 Å². The summed E-state index contributed by atoms with van der Waals surface area (Å²) in [5, 5.41) is 0. The van der Waals surface area contributed by atoms with Crippen LogP contribution in [0.25, 0.3) is 0 Å². The summed E-state index contributed by atoms with van der Waals surface area (Å²) in [5.41, 5.74) is 6.84. The molecule has 0 aliphatic rings. The topological polar surface area (TPSA) is 52.3 Å². The largest absolute Gasteiger partial charge is 0.494 e. The first kappa shape index (κ1) is 14.6. The SMILES string of the molecule is CCCCCCCOc1ccc(C(C)=O)c(N)c1. The van der Waals surface area contributed by atoms with Crippen molar-refractivity contribution in [2.75, 3.05) is 12.3 Å². The van der Waals surface area contributed by atoms with Crippen LogP contribution in [0.15, 0.2) is 18.2 Å². The van der Waals surface area contributed by atoms with Gasteiger partial charge in [-0.2, -0.15) is 0 Å². The highest BCUT2D eigenvalue weighted by Gasteiger charge is 2.05. The Bertz CT molecular complexity index is 388. The van der Waals surface area contributed by atoms with Crippen LogP contribution in [0, 0.1) is 0 Å². The fourth-order valence-electron chi connectivity index (χ4n) is 1.85. The maximum absolute atomic E-state index is 11.2. The molecule has 18 heavy (non-hydrogen) atoms. The second kappa shape index (κ2) is 7.75. The van der Waals surface area contributed by atoms with Crippen LogP contribution in [0.4, 0.5) is 5.69 Å². The van der Waals surface area contributed by atoms with Crippen molar-refractivity contribution in [3.05, 3.63) is 23.8 Å². The van der Waals surface area contributed by atoms with E-state index < -0.39 is 0 Å². The maximum Gasteiger partial charge on any atom is 0.161 e. The number of nitrogens with two attached hydrogens (primary N) is 1. The molecule has 0 saturated carbocycles. The zero-order valence-corrected chi connectivity index (χ0v) is 11.4. The van der Waals surface area contributed by atoms with E-state index in [0.717, 1.165) is 12.2 Å². The van der Waals surface area contributed by atoms with Crippen molar-refractivity contribution in [2.24, 2.45) is 0 Å². The molecule has 0 aliphatic carbocycles. The number of Topliss-reactive ketones (excluding diaryl/α,β-unsaturated/α-hetero) is 1. The summed E-state index contributed by atoms with van der Waals surface area (Å²) < 4.78 is 5.61. The number of ketones is 1. The van der Waals surface area contributed by atoms with Gasteiger partial charge in [-0.15, -0.1) is 0 Å². The van der Waals surface area contributed by atoms with Crippen LogP contribution in [-0.4, -0.2) is 12.4 Å². The Balaban J connectivity index is 2.35. The summed E-state index contributed by atoms with van der Waals surface area (Å²) in [4.78, 5) is 11.2. The predicted molar refractivity (Wildman–Crippen MR) is 75.1 cm³/mol. The monoisotopic (exact) mass is 249 g/mol. The van der Waals surface area contributed by atoms with Gasteiger partial charge in [-0.05, 0) is 25.5 Å². The van der Waals surface area contributed by atoms with Gasteiger partial charge in [0.1, 0.15) is 5.75 Å². The third kappa shape index (κ3) is 4.78. The van der Waals surface area contributed by atoms with Gasteiger partial charge < -0.3 is 10.5 Å². The summed E-state index contributed by atoms with van der Waals surface area (Å²) in [6.07, 6.45) is 6.08. The lowest BCUT2D eigenvalue weighted by Gasteiger charge is -2.08. The number of carbonyl (C=O) groups is 1. The van der Waals surface area contributed by atoms with E-state index in [-0.39, 0.29) is 5.78 Å². The summed E-state index contributed by atoms with van der Waals surface area (Å²) in [6, 6.07) is 5.26. The molecule has 0 heterocycles. The molecule has 0 aliphatic heterocycles. The van der Waals surface area contributed by atoms with Crippen LogP contribution in [0.2, 0.25) is 0 Å². The van der Waals surface area contributed by atoms with E-state index in [1.165, 1.54) is 32.6 Å². The van der Waals surface area contributed by atoms with Crippen LogP contribution in [-0.2, 0) is 0 Å². The Hall–Kier alpha value is -1.51. The number of hydrogen-bond acceptors (Lipinski definition) is 3. The van der Waals surface area contributed by atoms with E-state index in [9.17, 15) is 4.79 Å². The number of rotatable bonds is 8. The third-order valence-electron chi connectivity index (χ3n) is 2.92. The number of hydrogen-bond donors (Lipinski definition) is 1. The molecule has 3 heteroatoms. The first-order valence-corrected chi connectivity index (χ1v) is 6.68. The van der Waals surface area contributed by atoms with Gasteiger partial charge in [-0.1, -0.05) is 32.6 Å². The highest BCUT2D eigenvalue weighted by Crippen LogP contribution is 2.20. The van der Waals surface area contributed by atoms with Gasteiger partial charge in [-0.3, -0.25) is 4.79 Å². The van der Waals surface area contributed by atoms with E-state index in [0.29, 0.717) is 17.9 Å². The second-order valence-corrected chi connectivity index (χ2v) is 4.57. The van der Waals surface area contributed by atoms with Gasteiger partial charge in [0, 0.05) is 17.3 Å². The Morgan fingerprint density at radius 2 is 1.94 bits per heavy atom. The van der Waals surface area contributed by atoms with E-state index in [1.54, 1.807) is 18.2 Å². The van der Waals surface area contributed by atoms with Crippen LogP contribution in [0.1, 0.15) is 56.3 Å². The number of ether oxygens (including phenoxy) is 1. The Labute approximate surface area is 109 Å². The zero-order valence-electron chi connectivity index (χ0n) is 11.4. The zero-order chi connectivity index (χ0) is 13.4. The standard InChI is InChI=1S/C15H23NO2/c1-3-4-5-6-7-10-18-13-8-9-14(12(2)17)15(16)11-13/h8-9,11H,3-7,10,16H2,1-2H3. The lowest BCUT2D eigenvalue weighted by atomic mass is 10.1. The fraction of sp³-hybridized carbons (Fsp3) is 0.533. The number of carbonyl (C=O) groups excluding carboxylic acids is 1. The Kier molecular flexibility index (Phi) is 6.26. The average Bonchev–Trinajstić information content (AvgIpc) is 2.33. The first-order valence-electron chi connectivity index (χ1n) is 6.68. The summed E-state index contributed by atoms with van der Waals surface area (Å²) in [6.45, 7) is 4.43. The van der Waals surface area contributed by atoms with Crippen molar-refractivity contribution in [2.45, 2.75) is 46.0 Å². The van der Waals surface area contributed by atoms with E-state index in [2.05, 4.69) is 6.92 Å². The Morgan fingerprint density at radius 3 is 2.56 bits per heavy atom. The highest BCUT2D eigenvalue weighted by molar-refractivity contribution is 5.99. The van der Waals surface area contributed by atoms with E-state index in [1.807, 2.05) is 0 Å². The first-order chi connectivity index (χ1) is 8.65. The molecule has 100 valence electrons. The van der Waals surface area contributed by atoms with Crippen molar-refractivity contribution in [3.63, 3.8) is 0 Å². The van der Waals surface area contributed by atoms with Crippen molar-refractivity contribution < 1.29 is 9.53 Å². The number of benzene rings is 1. The molecule has 1 aromatic carbocycles. The molecule has 0 aromatic heterocycles. The van der Waals surface area contributed by atoms with Gasteiger partial charge in [0.15, 0.2) is 5.78 Å². The average molecular weight is 249 g/mol. The maximum atomic E-state index is 11.2.